The number of rotatable bonds is 8. The maximum atomic E-state index is 14.0. The molecule has 1 aromatic carbocycles. The van der Waals surface area contributed by atoms with Crippen molar-refractivity contribution in [1.82, 2.24) is 24.3 Å². The predicted octanol–water partition coefficient (Wildman–Crippen LogP) is 6.48. The fourth-order valence-electron chi connectivity index (χ4n) is 7.33. The van der Waals surface area contributed by atoms with E-state index in [-0.39, 0.29) is 35.6 Å². The molecule has 44 heavy (non-hydrogen) atoms. The molecule has 4 heterocycles. The van der Waals surface area contributed by atoms with Crippen LogP contribution in [0.25, 0.3) is 22.3 Å². The van der Waals surface area contributed by atoms with Crippen LogP contribution in [0.1, 0.15) is 67.8 Å². The third kappa shape index (κ3) is 4.84. The molecule has 0 radical (unpaired) electrons. The van der Waals surface area contributed by atoms with Gasteiger partial charge in [-0.3, -0.25) is 18.8 Å². The molecule has 4 aromatic rings. The SMILES string of the molecule is CCC(C(=O)n1ccc2c(-c3cnn([C@H](CC#N)C4CCCC4)c3)ncnc21)c1ccc(N2CC3C=CC=CC3C2=O)cc1. The van der Waals surface area contributed by atoms with Gasteiger partial charge in [0.1, 0.15) is 6.33 Å². The first-order valence-corrected chi connectivity index (χ1v) is 15.6. The summed E-state index contributed by atoms with van der Waals surface area (Å²) in [4.78, 5) is 37.9. The van der Waals surface area contributed by atoms with Crippen LogP contribution in [0.4, 0.5) is 5.69 Å². The average Bonchev–Trinajstić information content (AvgIpc) is 3.88. The Morgan fingerprint density at radius 1 is 1.09 bits per heavy atom. The van der Waals surface area contributed by atoms with Gasteiger partial charge in [-0.2, -0.15) is 10.4 Å². The molecule has 2 aliphatic carbocycles. The highest BCUT2D eigenvalue weighted by atomic mass is 16.2. The highest BCUT2D eigenvalue weighted by Crippen LogP contribution is 2.37. The van der Waals surface area contributed by atoms with E-state index >= 15 is 0 Å². The number of benzene rings is 1. The number of nitriles is 1. The van der Waals surface area contributed by atoms with E-state index < -0.39 is 0 Å². The van der Waals surface area contributed by atoms with Gasteiger partial charge in [-0.15, -0.1) is 0 Å². The second-order valence-corrected chi connectivity index (χ2v) is 12.1. The molecule has 1 saturated carbocycles. The molecule has 3 aliphatic rings. The zero-order valence-corrected chi connectivity index (χ0v) is 24.8. The van der Waals surface area contributed by atoms with Gasteiger partial charge in [-0.25, -0.2) is 9.97 Å². The summed E-state index contributed by atoms with van der Waals surface area (Å²) >= 11 is 0. The van der Waals surface area contributed by atoms with Crippen molar-refractivity contribution in [2.24, 2.45) is 17.8 Å². The first kappa shape index (κ1) is 28.0. The van der Waals surface area contributed by atoms with Gasteiger partial charge in [0.25, 0.3) is 0 Å². The maximum absolute atomic E-state index is 14.0. The summed E-state index contributed by atoms with van der Waals surface area (Å²) < 4.78 is 3.55. The summed E-state index contributed by atoms with van der Waals surface area (Å²) in [6.45, 7) is 2.67. The van der Waals surface area contributed by atoms with E-state index in [1.54, 1.807) is 17.0 Å². The Morgan fingerprint density at radius 3 is 2.64 bits per heavy atom. The molecule has 3 unspecified atom stereocenters. The van der Waals surface area contributed by atoms with Crippen LogP contribution < -0.4 is 4.90 Å². The Bertz CT molecular complexity index is 1800. The molecule has 1 amide bonds. The Hall–Kier alpha value is -4.84. The highest BCUT2D eigenvalue weighted by Gasteiger charge is 2.39. The smallest absolute Gasteiger partial charge is 0.239 e. The van der Waals surface area contributed by atoms with Crippen LogP contribution in [0.3, 0.4) is 0 Å². The first-order chi connectivity index (χ1) is 21.6. The van der Waals surface area contributed by atoms with Gasteiger partial charge < -0.3 is 4.90 Å². The molecule has 1 aliphatic heterocycles. The molecule has 9 heteroatoms. The Balaban J connectivity index is 1.13. The summed E-state index contributed by atoms with van der Waals surface area (Å²) in [7, 11) is 0. The lowest BCUT2D eigenvalue weighted by Gasteiger charge is -2.21. The summed E-state index contributed by atoms with van der Waals surface area (Å²) in [5.41, 5.74) is 3.87. The van der Waals surface area contributed by atoms with Gasteiger partial charge in [0.2, 0.25) is 11.8 Å². The van der Waals surface area contributed by atoms with Gasteiger partial charge in [0, 0.05) is 41.5 Å². The average molecular weight is 586 g/mol. The standard InChI is InChI=1S/C35H35N7O2/c1-2-28(23-11-13-27(14-12-23)41-20-25-9-5-6-10-29(25)35(41)44)34(43)40-18-16-30-32(37-22-38-33(30)40)26-19-39-42(21-26)31(15-17-36)24-7-3-4-8-24/h5-6,9-14,16,18-19,21-22,24-25,28-29,31H,2-4,7-8,15,20H2,1H3/t25?,28?,29?,31-/m1/s1. The Labute approximate surface area is 256 Å². The lowest BCUT2D eigenvalue weighted by Crippen LogP contribution is -2.26. The fraction of sp³-hybridized carbons (Fsp3) is 0.371. The normalized spacial score (nSPS) is 21.1. The van der Waals surface area contributed by atoms with Crippen molar-refractivity contribution < 1.29 is 9.59 Å². The zero-order valence-electron chi connectivity index (χ0n) is 24.8. The van der Waals surface area contributed by atoms with Gasteiger partial charge in [-0.05, 0) is 48.9 Å². The minimum atomic E-state index is -0.373. The molecule has 0 spiro atoms. The largest absolute Gasteiger partial charge is 0.311 e. The topological polar surface area (TPSA) is 110 Å². The van der Waals surface area contributed by atoms with Gasteiger partial charge in [-0.1, -0.05) is 56.2 Å². The summed E-state index contributed by atoms with van der Waals surface area (Å²) in [6, 6.07) is 12.1. The van der Waals surface area contributed by atoms with Crippen LogP contribution in [-0.2, 0) is 4.79 Å². The van der Waals surface area contributed by atoms with Crippen LogP contribution in [0.5, 0.6) is 0 Å². The van der Waals surface area contributed by atoms with Crippen LogP contribution in [-0.4, -0.2) is 42.7 Å². The zero-order chi connectivity index (χ0) is 30.2. The Morgan fingerprint density at radius 2 is 1.89 bits per heavy atom. The molecule has 0 N–H and O–H groups in total. The number of anilines is 1. The van der Waals surface area contributed by atoms with Crippen molar-refractivity contribution in [2.75, 3.05) is 11.4 Å². The van der Waals surface area contributed by atoms with E-state index in [9.17, 15) is 14.9 Å². The van der Waals surface area contributed by atoms with Crippen LogP contribution in [0.2, 0.25) is 0 Å². The number of allylic oxidation sites excluding steroid dienone is 2. The van der Waals surface area contributed by atoms with Crippen molar-refractivity contribution in [3.8, 4) is 17.3 Å². The monoisotopic (exact) mass is 585 g/mol. The van der Waals surface area contributed by atoms with Crippen molar-refractivity contribution in [3.05, 3.63) is 85.1 Å². The second kappa shape index (κ2) is 11.7. The molecule has 2 fully saturated rings. The number of hydrogen-bond donors (Lipinski definition) is 0. The van der Waals surface area contributed by atoms with Crippen LogP contribution in [0, 0.1) is 29.1 Å². The van der Waals surface area contributed by atoms with Crippen molar-refractivity contribution >= 4 is 28.5 Å². The van der Waals surface area contributed by atoms with E-state index in [1.807, 2.05) is 71.3 Å². The molecular weight excluding hydrogens is 550 g/mol. The number of amides is 1. The molecule has 9 nitrogen and oxygen atoms in total. The second-order valence-electron chi connectivity index (χ2n) is 12.1. The molecule has 4 atom stereocenters. The third-order valence-electron chi connectivity index (χ3n) is 9.69. The summed E-state index contributed by atoms with van der Waals surface area (Å²) in [5.74, 6) is 0.239. The fourth-order valence-corrected chi connectivity index (χ4v) is 7.33. The quantitative estimate of drug-likeness (QED) is 0.234. The molecule has 222 valence electrons. The lowest BCUT2D eigenvalue weighted by atomic mass is 9.92. The van der Waals surface area contributed by atoms with Gasteiger partial charge >= 0.3 is 0 Å². The molecule has 3 aromatic heterocycles. The van der Waals surface area contributed by atoms with Gasteiger partial charge in [0.15, 0.2) is 5.65 Å². The van der Waals surface area contributed by atoms with E-state index in [2.05, 4.69) is 27.2 Å². The van der Waals surface area contributed by atoms with Crippen molar-refractivity contribution in [3.63, 3.8) is 0 Å². The van der Waals surface area contributed by atoms with Gasteiger partial charge in [0.05, 0.1) is 42.3 Å². The van der Waals surface area contributed by atoms with E-state index in [1.165, 1.54) is 19.2 Å². The number of carbonyl (C=O) groups excluding carboxylic acids is 2. The molecule has 0 bridgehead atoms. The third-order valence-corrected chi connectivity index (χ3v) is 9.69. The first-order valence-electron chi connectivity index (χ1n) is 15.6. The number of fused-ring (bicyclic) bond motifs is 2. The molecule has 1 saturated heterocycles. The van der Waals surface area contributed by atoms with E-state index in [0.717, 1.165) is 35.0 Å². The lowest BCUT2D eigenvalue weighted by molar-refractivity contribution is -0.119. The number of aromatic nitrogens is 5. The highest BCUT2D eigenvalue weighted by molar-refractivity contribution is 6.00. The molecular formula is C35H35N7O2. The van der Waals surface area contributed by atoms with Crippen molar-refractivity contribution in [2.45, 2.75) is 57.4 Å². The minimum Gasteiger partial charge on any atom is -0.311 e. The van der Waals surface area contributed by atoms with Crippen LogP contribution in [0.15, 0.2) is 79.6 Å². The van der Waals surface area contributed by atoms with E-state index in [4.69, 9.17) is 0 Å². The van der Waals surface area contributed by atoms with E-state index in [0.29, 0.717) is 36.6 Å². The number of hydrogen-bond acceptors (Lipinski definition) is 6. The predicted molar refractivity (Wildman–Crippen MR) is 168 cm³/mol. The Kier molecular flexibility index (Phi) is 7.42. The number of nitrogens with zero attached hydrogens (tertiary/aromatic N) is 7. The van der Waals surface area contributed by atoms with Crippen molar-refractivity contribution in [1.29, 1.82) is 5.26 Å². The van der Waals surface area contributed by atoms with Crippen LogP contribution >= 0.6 is 0 Å². The minimum absolute atomic E-state index is 0.0536. The number of carbonyl (C=O) groups is 2. The maximum Gasteiger partial charge on any atom is 0.239 e. The summed E-state index contributed by atoms with van der Waals surface area (Å²) in [6.07, 6.45) is 20.8. The molecule has 7 rings (SSSR count). The summed E-state index contributed by atoms with van der Waals surface area (Å²) in [5, 5.41) is 14.9.